The van der Waals surface area contributed by atoms with Crippen LogP contribution in [0.2, 0.25) is 0 Å². The normalized spacial score (nSPS) is 17.0. The smallest absolute Gasteiger partial charge is 0.338 e. The number of aromatic carboxylic acids is 1. The molecule has 0 saturated carbocycles. The zero-order valence-corrected chi connectivity index (χ0v) is 11.9. The quantitative estimate of drug-likeness (QED) is 0.846. The van der Waals surface area contributed by atoms with Crippen LogP contribution in [0.25, 0.3) is 0 Å². The van der Waals surface area contributed by atoms with Crippen molar-refractivity contribution in [2.75, 3.05) is 26.7 Å². The van der Waals surface area contributed by atoms with Crippen molar-refractivity contribution < 1.29 is 27.5 Å². The lowest BCUT2D eigenvalue weighted by Gasteiger charge is -2.31. The fourth-order valence-electron chi connectivity index (χ4n) is 1.92. The summed E-state index contributed by atoms with van der Waals surface area (Å²) in [5.41, 5.74) is -0.725. The Balaban J connectivity index is 2.38. The lowest BCUT2D eigenvalue weighted by Crippen LogP contribution is -2.50. The summed E-state index contributed by atoms with van der Waals surface area (Å²) in [6.45, 7) is 0.0218. The molecule has 0 bridgehead atoms. The van der Waals surface area contributed by atoms with Crippen molar-refractivity contribution in [2.45, 2.75) is 4.90 Å². The first-order valence-corrected chi connectivity index (χ1v) is 7.44. The number of carboxylic acids is 1. The molecule has 0 aliphatic carbocycles. The van der Waals surface area contributed by atoms with Gasteiger partial charge in [-0.2, -0.15) is 4.31 Å². The number of halogens is 1. The van der Waals surface area contributed by atoms with Gasteiger partial charge in [0.1, 0.15) is 5.82 Å². The van der Waals surface area contributed by atoms with E-state index in [1.807, 2.05) is 0 Å². The Morgan fingerprint density at radius 1 is 1.33 bits per heavy atom. The van der Waals surface area contributed by atoms with E-state index in [1.165, 1.54) is 4.90 Å². The number of amides is 1. The highest BCUT2D eigenvalue weighted by molar-refractivity contribution is 7.89. The number of rotatable bonds is 3. The summed E-state index contributed by atoms with van der Waals surface area (Å²) >= 11 is 0. The molecular formula is C12H13FN2O5S. The third-order valence-electron chi connectivity index (χ3n) is 3.23. The van der Waals surface area contributed by atoms with Gasteiger partial charge in [-0.15, -0.1) is 0 Å². The average Bonchev–Trinajstić information content (AvgIpc) is 2.41. The van der Waals surface area contributed by atoms with Crippen LogP contribution in [0, 0.1) is 5.82 Å². The van der Waals surface area contributed by atoms with E-state index >= 15 is 0 Å². The predicted octanol–water partition coefficient (Wildman–Crippen LogP) is -0.0134. The van der Waals surface area contributed by atoms with Crippen LogP contribution in [0.3, 0.4) is 0 Å². The Bertz CT molecular complexity index is 704. The highest BCUT2D eigenvalue weighted by atomic mass is 32.2. The second kappa shape index (κ2) is 5.41. The first-order chi connectivity index (χ1) is 9.73. The van der Waals surface area contributed by atoms with E-state index in [1.54, 1.807) is 7.05 Å². The van der Waals surface area contributed by atoms with Crippen LogP contribution in [0.1, 0.15) is 10.4 Å². The number of carbonyl (C=O) groups excluding carboxylic acids is 1. The molecule has 21 heavy (non-hydrogen) atoms. The third kappa shape index (κ3) is 2.88. The summed E-state index contributed by atoms with van der Waals surface area (Å²) in [5, 5.41) is 8.83. The lowest BCUT2D eigenvalue weighted by molar-refractivity contribution is -0.132. The van der Waals surface area contributed by atoms with Gasteiger partial charge in [-0.1, -0.05) is 0 Å². The van der Waals surface area contributed by atoms with Crippen molar-refractivity contribution in [2.24, 2.45) is 0 Å². The molecule has 0 atom stereocenters. The molecule has 1 saturated heterocycles. The van der Waals surface area contributed by atoms with Crippen LogP contribution >= 0.6 is 0 Å². The van der Waals surface area contributed by atoms with Crippen molar-refractivity contribution in [3.8, 4) is 0 Å². The van der Waals surface area contributed by atoms with E-state index in [0.717, 1.165) is 22.5 Å². The maximum absolute atomic E-state index is 13.3. The van der Waals surface area contributed by atoms with Crippen LogP contribution in [0.4, 0.5) is 4.39 Å². The minimum atomic E-state index is -4.04. The largest absolute Gasteiger partial charge is 0.478 e. The zero-order chi connectivity index (χ0) is 15.8. The molecule has 0 spiro atoms. The molecule has 0 radical (unpaired) electrons. The summed E-state index contributed by atoms with van der Waals surface area (Å²) in [5.74, 6) is -2.93. The van der Waals surface area contributed by atoms with Gasteiger partial charge in [0.15, 0.2) is 0 Å². The number of benzene rings is 1. The van der Waals surface area contributed by atoms with Crippen molar-refractivity contribution in [1.29, 1.82) is 0 Å². The van der Waals surface area contributed by atoms with Crippen molar-refractivity contribution >= 4 is 21.9 Å². The van der Waals surface area contributed by atoms with E-state index in [4.69, 9.17) is 5.11 Å². The molecule has 0 unspecified atom stereocenters. The van der Waals surface area contributed by atoms with Gasteiger partial charge in [-0.3, -0.25) is 4.79 Å². The molecule has 7 nitrogen and oxygen atoms in total. The molecule has 1 aliphatic rings. The summed E-state index contributed by atoms with van der Waals surface area (Å²) < 4.78 is 39.0. The fourth-order valence-corrected chi connectivity index (χ4v) is 3.33. The highest BCUT2D eigenvalue weighted by Gasteiger charge is 2.32. The van der Waals surface area contributed by atoms with Gasteiger partial charge < -0.3 is 10.0 Å². The summed E-state index contributed by atoms with van der Waals surface area (Å²) in [6, 6.07) is 2.53. The van der Waals surface area contributed by atoms with Gasteiger partial charge >= 0.3 is 5.97 Å². The number of hydrogen-bond acceptors (Lipinski definition) is 4. The Morgan fingerprint density at radius 2 is 2.00 bits per heavy atom. The topological polar surface area (TPSA) is 95.0 Å². The molecule has 1 aliphatic heterocycles. The minimum Gasteiger partial charge on any atom is -0.478 e. The molecule has 1 fully saturated rings. The van der Waals surface area contributed by atoms with Gasteiger partial charge in [0.2, 0.25) is 15.9 Å². The standard InChI is InChI=1S/C12H13FN2O5S/c1-14-4-5-15(7-11(14)16)21(19,20)8-2-3-10(13)9(6-8)12(17)18/h2-3,6H,4-5,7H2,1H3,(H,17,18). The number of carbonyl (C=O) groups is 2. The monoisotopic (exact) mass is 316 g/mol. The number of likely N-dealkylation sites (N-methyl/N-ethyl adjacent to an activating group) is 1. The van der Waals surface area contributed by atoms with Crippen molar-refractivity contribution in [3.63, 3.8) is 0 Å². The molecular weight excluding hydrogens is 303 g/mol. The Labute approximate surface area is 120 Å². The van der Waals surface area contributed by atoms with Crippen molar-refractivity contribution in [3.05, 3.63) is 29.6 Å². The maximum atomic E-state index is 13.3. The van der Waals surface area contributed by atoms with Crippen LogP contribution in [0.5, 0.6) is 0 Å². The fraction of sp³-hybridized carbons (Fsp3) is 0.333. The number of nitrogens with zero attached hydrogens (tertiary/aromatic N) is 2. The van der Waals surface area contributed by atoms with E-state index in [0.29, 0.717) is 0 Å². The Morgan fingerprint density at radius 3 is 2.57 bits per heavy atom. The lowest BCUT2D eigenvalue weighted by atomic mass is 10.2. The molecule has 1 aromatic carbocycles. The summed E-state index contributed by atoms with van der Waals surface area (Å²) in [4.78, 5) is 23.5. The van der Waals surface area contributed by atoms with Crippen LogP contribution in [-0.2, 0) is 14.8 Å². The van der Waals surface area contributed by atoms with Gasteiger partial charge in [-0.05, 0) is 18.2 Å². The third-order valence-corrected chi connectivity index (χ3v) is 5.07. The minimum absolute atomic E-state index is 0.102. The molecule has 1 heterocycles. The van der Waals surface area contributed by atoms with Crippen LogP contribution in [0.15, 0.2) is 23.1 Å². The van der Waals surface area contributed by atoms with Crippen LogP contribution < -0.4 is 0 Å². The van der Waals surface area contributed by atoms with Gasteiger partial charge in [0, 0.05) is 20.1 Å². The molecule has 9 heteroatoms. The number of carboxylic acid groups (broad SMARTS) is 1. The summed E-state index contributed by atoms with van der Waals surface area (Å²) in [6.07, 6.45) is 0. The van der Waals surface area contributed by atoms with E-state index in [2.05, 4.69) is 0 Å². The van der Waals surface area contributed by atoms with Gasteiger partial charge in [-0.25, -0.2) is 17.6 Å². The molecule has 114 valence electrons. The second-order valence-corrected chi connectivity index (χ2v) is 6.54. The predicted molar refractivity (Wildman–Crippen MR) is 69.8 cm³/mol. The van der Waals surface area contributed by atoms with Gasteiger partial charge in [0.25, 0.3) is 0 Å². The first kappa shape index (κ1) is 15.4. The average molecular weight is 316 g/mol. The van der Waals surface area contributed by atoms with Gasteiger partial charge in [0.05, 0.1) is 17.0 Å². The first-order valence-electron chi connectivity index (χ1n) is 6.00. The van der Waals surface area contributed by atoms with E-state index in [9.17, 15) is 22.4 Å². The van der Waals surface area contributed by atoms with E-state index < -0.39 is 27.4 Å². The molecule has 0 aromatic heterocycles. The number of piperazine rings is 1. The second-order valence-electron chi connectivity index (χ2n) is 4.60. The van der Waals surface area contributed by atoms with Crippen LogP contribution in [-0.4, -0.2) is 61.3 Å². The maximum Gasteiger partial charge on any atom is 0.338 e. The number of hydrogen-bond donors (Lipinski definition) is 1. The molecule has 1 amide bonds. The number of sulfonamides is 1. The molecule has 1 N–H and O–H groups in total. The SMILES string of the molecule is CN1CCN(S(=O)(=O)c2ccc(F)c(C(=O)O)c2)CC1=O. The van der Waals surface area contributed by atoms with Crippen molar-refractivity contribution in [1.82, 2.24) is 9.21 Å². The van der Waals surface area contributed by atoms with E-state index in [-0.39, 0.29) is 30.4 Å². The molecule has 1 aromatic rings. The zero-order valence-electron chi connectivity index (χ0n) is 11.1. The highest BCUT2D eigenvalue weighted by Crippen LogP contribution is 2.20. The Hall–Kier alpha value is -2.00. The summed E-state index contributed by atoms with van der Waals surface area (Å²) in [7, 11) is -2.47. The molecule has 2 rings (SSSR count). The Kier molecular flexibility index (Phi) is 3.97.